The molecule has 0 rings (SSSR count). The number of aliphatic hydroxyl groups excluding tert-OH is 1. The highest BCUT2D eigenvalue weighted by Gasteiger charge is 1.75. The van der Waals surface area contributed by atoms with Gasteiger partial charge in [-0.3, -0.25) is 0 Å². The molecule has 0 aliphatic heterocycles. The maximum Gasteiger partial charge on any atom is 0.119 e. The van der Waals surface area contributed by atoms with Gasteiger partial charge in [-0.05, 0) is 20.3 Å². The minimum atomic E-state index is -0.167. The number of hydrogen-bond acceptors (Lipinski definition) is 2. The molecule has 1 N–H and O–H groups in total. The van der Waals surface area contributed by atoms with Crippen LogP contribution < -0.4 is 0 Å². The number of rotatable bonds is 3. The van der Waals surface area contributed by atoms with Crippen molar-refractivity contribution in [2.45, 2.75) is 46.1 Å². The number of aldehydes is 1. The summed E-state index contributed by atoms with van der Waals surface area (Å²) >= 11 is 0. The van der Waals surface area contributed by atoms with E-state index in [1.165, 1.54) is 0 Å². The summed E-state index contributed by atoms with van der Waals surface area (Å²) in [7, 11) is 0. The molecule has 0 aliphatic rings. The van der Waals surface area contributed by atoms with E-state index >= 15 is 0 Å². The first-order chi connectivity index (χ1) is 4.65. The van der Waals surface area contributed by atoms with Gasteiger partial charge < -0.3 is 9.90 Å². The molecule has 0 atom stereocenters. The number of aliphatic hydroxyl groups is 1. The largest absolute Gasteiger partial charge is 0.394 e. The van der Waals surface area contributed by atoms with Crippen molar-refractivity contribution in [1.29, 1.82) is 0 Å². The summed E-state index contributed by atoms with van der Waals surface area (Å²) in [5, 5.41) is 8.06. The van der Waals surface area contributed by atoms with Gasteiger partial charge in [-0.2, -0.15) is 0 Å². The Balaban J connectivity index is 0. The minimum Gasteiger partial charge on any atom is -0.394 e. The number of hydrogen-bond donors (Lipinski definition) is 1. The third-order valence-electron chi connectivity index (χ3n) is 0.676. The average Bonchev–Trinajstić information content (AvgIpc) is 1.82. The second-order valence-electron chi connectivity index (χ2n) is 2.40. The topological polar surface area (TPSA) is 37.3 Å². The van der Waals surface area contributed by atoms with Crippen molar-refractivity contribution < 1.29 is 9.90 Å². The lowest BCUT2D eigenvalue weighted by Crippen LogP contribution is -1.85. The molecule has 0 bridgehead atoms. The molecule has 2 heteroatoms. The van der Waals surface area contributed by atoms with Crippen LogP contribution in [0.4, 0.5) is 0 Å². The molecular formula is C8H18O2. The second-order valence-corrected chi connectivity index (χ2v) is 2.40. The summed E-state index contributed by atoms with van der Waals surface area (Å²) in [6.45, 7) is 5.52. The molecule has 62 valence electrons. The predicted molar refractivity (Wildman–Crippen MR) is 42.9 cm³/mol. The van der Waals surface area contributed by atoms with E-state index in [9.17, 15) is 4.79 Å². The quantitative estimate of drug-likeness (QED) is 0.486. The van der Waals surface area contributed by atoms with Gasteiger partial charge >= 0.3 is 0 Å². The van der Waals surface area contributed by atoms with Crippen molar-refractivity contribution in [3.8, 4) is 0 Å². The maximum absolute atomic E-state index is 9.56. The van der Waals surface area contributed by atoms with Crippen LogP contribution in [-0.2, 0) is 4.79 Å². The van der Waals surface area contributed by atoms with Gasteiger partial charge in [-0.1, -0.05) is 13.3 Å². The van der Waals surface area contributed by atoms with E-state index in [4.69, 9.17) is 5.11 Å². The van der Waals surface area contributed by atoms with Crippen molar-refractivity contribution >= 4 is 6.29 Å². The smallest absolute Gasteiger partial charge is 0.119 e. The zero-order valence-corrected chi connectivity index (χ0v) is 7.13. The Morgan fingerprint density at radius 1 is 1.50 bits per heavy atom. The van der Waals surface area contributed by atoms with Gasteiger partial charge in [0, 0.05) is 12.5 Å². The molecule has 2 nitrogen and oxygen atoms in total. The molecule has 0 aromatic rings. The summed E-state index contributed by atoms with van der Waals surface area (Å²) in [4.78, 5) is 9.56. The molecular weight excluding hydrogens is 128 g/mol. The van der Waals surface area contributed by atoms with Crippen LogP contribution in [0.2, 0.25) is 0 Å². The standard InChI is InChI=1S/C5H10O.C3H8O/c1-2-3-4-5-6;1-3(2)4/h5H,2-4H2,1H3;3-4H,1-2H3. The molecule has 0 fully saturated rings. The van der Waals surface area contributed by atoms with Gasteiger partial charge in [0.15, 0.2) is 0 Å². The normalized spacial score (nSPS) is 8.50. The lowest BCUT2D eigenvalue weighted by molar-refractivity contribution is -0.107. The van der Waals surface area contributed by atoms with Gasteiger partial charge in [-0.25, -0.2) is 0 Å². The van der Waals surface area contributed by atoms with Crippen LogP contribution >= 0.6 is 0 Å². The minimum absolute atomic E-state index is 0.167. The van der Waals surface area contributed by atoms with Crippen LogP contribution in [-0.4, -0.2) is 17.5 Å². The Kier molecular flexibility index (Phi) is 14.1. The molecule has 0 aromatic carbocycles. The molecule has 0 amide bonds. The van der Waals surface area contributed by atoms with Crippen LogP contribution in [0.15, 0.2) is 0 Å². The fourth-order valence-electron chi connectivity index (χ4n) is 0.287. The first-order valence-corrected chi connectivity index (χ1v) is 3.76. The molecule has 0 saturated carbocycles. The molecule has 0 unspecified atom stereocenters. The highest BCUT2D eigenvalue weighted by Crippen LogP contribution is 1.87. The van der Waals surface area contributed by atoms with Gasteiger partial charge in [0.1, 0.15) is 6.29 Å². The van der Waals surface area contributed by atoms with Gasteiger partial charge in [0.25, 0.3) is 0 Å². The third-order valence-corrected chi connectivity index (χ3v) is 0.676. The summed E-state index contributed by atoms with van der Waals surface area (Å²) in [6, 6.07) is 0. The van der Waals surface area contributed by atoms with Crippen LogP contribution in [0.25, 0.3) is 0 Å². The van der Waals surface area contributed by atoms with E-state index in [-0.39, 0.29) is 6.10 Å². The average molecular weight is 146 g/mol. The van der Waals surface area contributed by atoms with E-state index in [1.807, 2.05) is 0 Å². The third kappa shape index (κ3) is 48.5. The monoisotopic (exact) mass is 146 g/mol. The summed E-state index contributed by atoms with van der Waals surface area (Å²) in [6.07, 6.45) is 3.70. The van der Waals surface area contributed by atoms with Crippen molar-refractivity contribution in [2.75, 3.05) is 0 Å². The van der Waals surface area contributed by atoms with Gasteiger partial charge in [0.05, 0.1) is 0 Å². The Hall–Kier alpha value is -0.370. The van der Waals surface area contributed by atoms with E-state index in [0.717, 1.165) is 25.5 Å². The zero-order valence-electron chi connectivity index (χ0n) is 7.13. The van der Waals surface area contributed by atoms with Crippen LogP contribution in [0.3, 0.4) is 0 Å². The van der Waals surface area contributed by atoms with Gasteiger partial charge in [0.2, 0.25) is 0 Å². The number of carbonyl (C=O) groups excluding carboxylic acids is 1. The Labute approximate surface area is 63.3 Å². The Morgan fingerprint density at radius 3 is 2.00 bits per heavy atom. The fourth-order valence-corrected chi connectivity index (χ4v) is 0.287. The Morgan fingerprint density at radius 2 is 1.90 bits per heavy atom. The summed E-state index contributed by atoms with van der Waals surface area (Å²) in [5.74, 6) is 0. The van der Waals surface area contributed by atoms with Crippen molar-refractivity contribution in [2.24, 2.45) is 0 Å². The molecule has 0 radical (unpaired) electrons. The maximum atomic E-state index is 9.56. The van der Waals surface area contributed by atoms with E-state index in [0.29, 0.717) is 0 Å². The summed E-state index contributed by atoms with van der Waals surface area (Å²) < 4.78 is 0. The predicted octanol–water partition coefficient (Wildman–Crippen LogP) is 1.76. The molecule has 10 heavy (non-hydrogen) atoms. The van der Waals surface area contributed by atoms with Crippen LogP contribution in [0, 0.1) is 0 Å². The highest BCUT2D eigenvalue weighted by molar-refractivity contribution is 5.48. The Bertz CT molecular complexity index is 57.5. The zero-order chi connectivity index (χ0) is 8.41. The first kappa shape index (κ1) is 12.3. The molecule has 0 heterocycles. The SMILES string of the molecule is CC(C)O.CCCCC=O. The van der Waals surface area contributed by atoms with Crippen LogP contribution in [0.5, 0.6) is 0 Å². The lowest BCUT2D eigenvalue weighted by atomic mass is 10.3. The molecule has 0 aliphatic carbocycles. The first-order valence-electron chi connectivity index (χ1n) is 3.76. The highest BCUT2D eigenvalue weighted by atomic mass is 16.3. The van der Waals surface area contributed by atoms with Crippen LogP contribution in [0.1, 0.15) is 40.0 Å². The van der Waals surface area contributed by atoms with E-state index in [2.05, 4.69) is 6.92 Å². The van der Waals surface area contributed by atoms with Crippen molar-refractivity contribution in [1.82, 2.24) is 0 Å². The lowest BCUT2D eigenvalue weighted by Gasteiger charge is -1.80. The molecule has 0 aromatic heterocycles. The molecule has 0 saturated heterocycles. The van der Waals surface area contributed by atoms with E-state index < -0.39 is 0 Å². The van der Waals surface area contributed by atoms with E-state index in [1.54, 1.807) is 13.8 Å². The number of carbonyl (C=O) groups is 1. The fraction of sp³-hybridized carbons (Fsp3) is 0.875. The number of unbranched alkanes of at least 4 members (excludes halogenated alkanes) is 2. The van der Waals surface area contributed by atoms with Crippen molar-refractivity contribution in [3.05, 3.63) is 0 Å². The van der Waals surface area contributed by atoms with Crippen molar-refractivity contribution in [3.63, 3.8) is 0 Å². The summed E-state index contributed by atoms with van der Waals surface area (Å²) in [5.41, 5.74) is 0. The second kappa shape index (κ2) is 11.4. The van der Waals surface area contributed by atoms with Gasteiger partial charge in [-0.15, -0.1) is 0 Å². The molecule has 0 spiro atoms.